The number of hydrogen-bond acceptors (Lipinski definition) is 4. The largest absolute Gasteiger partial charge is 0.493 e. The molecule has 3 aromatic rings. The molecule has 3 rings (SSSR count). The molecule has 0 radical (unpaired) electrons. The van der Waals surface area contributed by atoms with Crippen LogP contribution < -0.4 is 5.56 Å². The van der Waals surface area contributed by atoms with Crippen molar-refractivity contribution in [2.75, 3.05) is 0 Å². The Hall–Kier alpha value is -2.53. The highest BCUT2D eigenvalue weighted by atomic mass is 32.2. The number of aromatic hydroxyl groups is 1. The van der Waals surface area contributed by atoms with Crippen molar-refractivity contribution >= 4 is 11.8 Å². The van der Waals surface area contributed by atoms with Crippen molar-refractivity contribution in [2.24, 2.45) is 0 Å². The second-order valence-corrected chi connectivity index (χ2v) is 7.42. The lowest BCUT2D eigenvalue weighted by atomic mass is 10.0. The van der Waals surface area contributed by atoms with Gasteiger partial charge in [-0.2, -0.15) is 4.98 Å². The predicted molar refractivity (Wildman–Crippen MR) is 111 cm³/mol. The highest BCUT2D eigenvalue weighted by Gasteiger charge is 2.16. The van der Waals surface area contributed by atoms with E-state index in [1.165, 1.54) is 23.4 Å². The summed E-state index contributed by atoms with van der Waals surface area (Å²) in [7, 11) is 0. The number of aromatic nitrogens is 2. The van der Waals surface area contributed by atoms with Crippen LogP contribution in [0.2, 0.25) is 0 Å². The van der Waals surface area contributed by atoms with Crippen LogP contribution in [0.5, 0.6) is 5.88 Å². The molecule has 0 atom stereocenters. The van der Waals surface area contributed by atoms with Crippen LogP contribution in [-0.4, -0.2) is 14.7 Å². The topological polar surface area (TPSA) is 55.1 Å². The van der Waals surface area contributed by atoms with Gasteiger partial charge in [0.2, 0.25) is 5.88 Å². The van der Waals surface area contributed by atoms with Crippen LogP contribution in [-0.2, 0) is 18.6 Å². The second-order valence-electron chi connectivity index (χ2n) is 6.48. The summed E-state index contributed by atoms with van der Waals surface area (Å²) in [6, 6.07) is 15.6. The van der Waals surface area contributed by atoms with Crippen molar-refractivity contribution in [3.8, 4) is 11.6 Å². The number of rotatable bonds is 6. The molecule has 0 bridgehead atoms. The van der Waals surface area contributed by atoms with Crippen molar-refractivity contribution in [2.45, 2.75) is 44.5 Å². The molecule has 0 spiro atoms. The van der Waals surface area contributed by atoms with Crippen molar-refractivity contribution < 1.29 is 5.11 Å². The Kier molecular flexibility index (Phi) is 6.01. The van der Waals surface area contributed by atoms with Crippen LogP contribution in [0.4, 0.5) is 0 Å². The molecule has 0 aliphatic heterocycles. The number of benzene rings is 2. The van der Waals surface area contributed by atoms with Gasteiger partial charge in [0.1, 0.15) is 0 Å². The molecule has 0 saturated carbocycles. The van der Waals surface area contributed by atoms with Gasteiger partial charge in [-0.25, -0.2) is 0 Å². The zero-order valence-electron chi connectivity index (χ0n) is 15.9. The van der Waals surface area contributed by atoms with E-state index in [2.05, 4.69) is 50.0 Å². The molecule has 1 aromatic heterocycles. The molecular formula is C22H24N2O2S. The van der Waals surface area contributed by atoms with Gasteiger partial charge >= 0.3 is 0 Å². The summed E-state index contributed by atoms with van der Waals surface area (Å²) in [6.07, 6.45) is 1.64. The molecule has 1 heterocycles. The first-order valence-corrected chi connectivity index (χ1v) is 10.1. The first-order chi connectivity index (χ1) is 13.0. The third-order valence-corrected chi connectivity index (χ3v) is 5.56. The number of para-hydroxylation sites is 1. The Bertz CT molecular complexity index is 972. The third-order valence-electron chi connectivity index (χ3n) is 4.55. The van der Waals surface area contributed by atoms with Crippen LogP contribution in [0.25, 0.3) is 5.69 Å². The molecule has 5 heteroatoms. The zero-order valence-corrected chi connectivity index (χ0v) is 16.7. The van der Waals surface area contributed by atoms with Crippen molar-refractivity contribution in [3.05, 3.63) is 81.1 Å². The fourth-order valence-electron chi connectivity index (χ4n) is 3.09. The smallest absolute Gasteiger partial charge is 0.262 e. The van der Waals surface area contributed by atoms with E-state index in [-0.39, 0.29) is 11.4 Å². The summed E-state index contributed by atoms with van der Waals surface area (Å²) in [4.78, 5) is 17.1. The van der Waals surface area contributed by atoms with E-state index in [0.29, 0.717) is 10.9 Å². The quantitative estimate of drug-likeness (QED) is 0.499. The molecule has 2 aromatic carbocycles. The number of aryl methyl sites for hydroxylation is 3. The highest BCUT2D eigenvalue weighted by molar-refractivity contribution is 7.98. The van der Waals surface area contributed by atoms with Gasteiger partial charge in [-0.3, -0.25) is 9.36 Å². The van der Waals surface area contributed by atoms with Crippen LogP contribution in [0.3, 0.4) is 0 Å². The fourth-order valence-corrected chi connectivity index (χ4v) is 4.04. The van der Waals surface area contributed by atoms with E-state index < -0.39 is 0 Å². The van der Waals surface area contributed by atoms with E-state index >= 15 is 0 Å². The Morgan fingerprint density at radius 3 is 2.26 bits per heavy atom. The Morgan fingerprint density at radius 1 is 1.04 bits per heavy atom. The monoisotopic (exact) mass is 380 g/mol. The maximum Gasteiger partial charge on any atom is 0.262 e. The number of hydrogen-bond donors (Lipinski definition) is 1. The molecule has 0 fully saturated rings. The molecule has 140 valence electrons. The number of thioether (sulfide) groups is 1. The number of nitrogens with zero attached hydrogens (tertiary/aromatic N) is 2. The van der Waals surface area contributed by atoms with Crippen molar-refractivity contribution in [1.82, 2.24) is 9.55 Å². The molecular weight excluding hydrogens is 356 g/mol. The molecule has 4 nitrogen and oxygen atoms in total. The van der Waals surface area contributed by atoms with Gasteiger partial charge in [-0.05, 0) is 36.5 Å². The lowest BCUT2D eigenvalue weighted by molar-refractivity contribution is 0.440. The van der Waals surface area contributed by atoms with Gasteiger partial charge < -0.3 is 5.11 Å². The minimum absolute atomic E-state index is 0.241. The van der Waals surface area contributed by atoms with Gasteiger partial charge in [0.15, 0.2) is 5.16 Å². The minimum atomic E-state index is -0.260. The van der Waals surface area contributed by atoms with E-state index in [4.69, 9.17) is 0 Å². The normalized spacial score (nSPS) is 10.9. The summed E-state index contributed by atoms with van der Waals surface area (Å²) >= 11 is 1.46. The first-order valence-electron chi connectivity index (χ1n) is 9.16. The van der Waals surface area contributed by atoms with Crippen LogP contribution >= 0.6 is 11.8 Å². The SMILES string of the molecule is CCc1cccc(CC)c1-n1c(SCc2ccc(C)cc2)nc(O)cc1=O. The average molecular weight is 381 g/mol. The van der Waals surface area contributed by atoms with Crippen molar-refractivity contribution in [1.29, 1.82) is 0 Å². The Morgan fingerprint density at radius 2 is 1.67 bits per heavy atom. The molecule has 0 unspecified atom stereocenters. The van der Waals surface area contributed by atoms with Crippen LogP contribution in [0.15, 0.2) is 58.5 Å². The van der Waals surface area contributed by atoms with Gasteiger partial charge in [-0.15, -0.1) is 0 Å². The van der Waals surface area contributed by atoms with Gasteiger partial charge in [0, 0.05) is 5.75 Å². The maximum absolute atomic E-state index is 12.8. The van der Waals surface area contributed by atoms with E-state index in [9.17, 15) is 9.90 Å². The summed E-state index contributed by atoms with van der Waals surface area (Å²) in [6.45, 7) is 6.21. The first kappa shape index (κ1) is 19.2. The predicted octanol–water partition coefficient (Wildman–Crippen LogP) is 4.66. The van der Waals surface area contributed by atoms with Gasteiger partial charge in [0.05, 0.1) is 11.8 Å². The minimum Gasteiger partial charge on any atom is -0.493 e. The molecule has 27 heavy (non-hydrogen) atoms. The summed E-state index contributed by atoms with van der Waals surface area (Å²) in [5.41, 5.74) is 5.19. The zero-order chi connectivity index (χ0) is 19.4. The van der Waals surface area contributed by atoms with Crippen LogP contribution in [0, 0.1) is 6.92 Å². The standard InChI is InChI=1S/C22H24N2O2S/c1-4-17-7-6-8-18(5-2)21(17)24-20(26)13-19(25)23-22(24)27-14-16-11-9-15(3)10-12-16/h6-13,25H,4-5,14H2,1-3H3. The van der Waals surface area contributed by atoms with Gasteiger partial charge in [0.25, 0.3) is 5.56 Å². The average Bonchev–Trinajstić information content (AvgIpc) is 2.66. The molecule has 0 aliphatic carbocycles. The third kappa shape index (κ3) is 4.25. The summed E-state index contributed by atoms with van der Waals surface area (Å²) in [5.74, 6) is 0.432. The maximum atomic E-state index is 12.8. The van der Waals surface area contributed by atoms with Crippen LogP contribution in [0.1, 0.15) is 36.1 Å². The summed E-state index contributed by atoms with van der Waals surface area (Å²) < 4.78 is 1.65. The highest BCUT2D eigenvalue weighted by Crippen LogP contribution is 2.28. The van der Waals surface area contributed by atoms with E-state index in [0.717, 1.165) is 35.2 Å². The Labute approximate surface area is 163 Å². The molecule has 0 amide bonds. The van der Waals surface area contributed by atoms with Crippen molar-refractivity contribution in [3.63, 3.8) is 0 Å². The lowest BCUT2D eigenvalue weighted by Gasteiger charge is -2.18. The molecule has 0 saturated heterocycles. The summed E-state index contributed by atoms with van der Waals surface area (Å²) in [5, 5.41) is 10.4. The van der Waals surface area contributed by atoms with E-state index in [1.807, 2.05) is 18.2 Å². The van der Waals surface area contributed by atoms with Gasteiger partial charge in [-0.1, -0.05) is 73.6 Å². The molecule has 1 N–H and O–H groups in total. The fraction of sp³-hybridized carbons (Fsp3) is 0.273. The van der Waals surface area contributed by atoms with E-state index in [1.54, 1.807) is 4.57 Å². The molecule has 0 aliphatic rings. The Balaban J connectivity index is 2.09. The second kappa shape index (κ2) is 8.44. The lowest BCUT2D eigenvalue weighted by Crippen LogP contribution is -2.22.